The fraction of sp³-hybridized carbons (Fsp3) is 0.167. The van der Waals surface area contributed by atoms with Crippen LogP contribution in [-0.2, 0) is 6.18 Å². The molecule has 0 saturated carbocycles. The maximum atomic E-state index is 12.9. The van der Waals surface area contributed by atoms with E-state index in [-0.39, 0.29) is 16.5 Å². The lowest BCUT2D eigenvalue weighted by Gasteiger charge is -2.14. The molecular formula is C12H8BrClF3N3. The van der Waals surface area contributed by atoms with Crippen molar-refractivity contribution in [1.29, 1.82) is 0 Å². The highest BCUT2D eigenvalue weighted by Crippen LogP contribution is 2.37. The van der Waals surface area contributed by atoms with Crippen molar-refractivity contribution in [2.45, 2.75) is 13.1 Å². The fourth-order valence-electron chi connectivity index (χ4n) is 1.59. The van der Waals surface area contributed by atoms with Gasteiger partial charge in [-0.1, -0.05) is 11.6 Å². The Hall–Kier alpha value is -1.34. The maximum absolute atomic E-state index is 12.9. The number of aryl methyl sites for hydroxylation is 1. The number of halogens is 5. The number of nitrogens with zero attached hydrogens (tertiary/aromatic N) is 2. The van der Waals surface area contributed by atoms with Gasteiger partial charge in [0, 0.05) is 11.1 Å². The van der Waals surface area contributed by atoms with Crippen molar-refractivity contribution in [3.63, 3.8) is 0 Å². The van der Waals surface area contributed by atoms with E-state index in [4.69, 9.17) is 11.6 Å². The normalized spacial score (nSPS) is 11.5. The molecular weight excluding hydrogens is 359 g/mol. The highest BCUT2D eigenvalue weighted by Gasteiger charge is 2.33. The second kappa shape index (κ2) is 5.57. The van der Waals surface area contributed by atoms with Crippen LogP contribution in [0.3, 0.4) is 0 Å². The zero-order valence-corrected chi connectivity index (χ0v) is 12.4. The lowest BCUT2D eigenvalue weighted by Crippen LogP contribution is -2.09. The zero-order valence-electron chi connectivity index (χ0n) is 10.1. The molecule has 0 amide bonds. The number of benzene rings is 1. The molecule has 0 radical (unpaired) electrons. The van der Waals surface area contributed by atoms with Crippen LogP contribution in [0.15, 0.2) is 28.9 Å². The van der Waals surface area contributed by atoms with E-state index >= 15 is 0 Å². The van der Waals surface area contributed by atoms with E-state index in [0.717, 1.165) is 6.07 Å². The molecule has 1 N–H and O–H groups in total. The van der Waals surface area contributed by atoms with Crippen LogP contribution >= 0.6 is 27.5 Å². The summed E-state index contributed by atoms with van der Waals surface area (Å²) in [7, 11) is 0. The van der Waals surface area contributed by atoms with Crippen LogP contribution in [0.1, 0.15) is 11.4 Å². The Morgan fingerprint density at radius 3 is 2.50 bits per heavy atom. The first-order valence-corrected chi connectivity index (χ1v) is 6.58. The van der Waals surface area contributed by atoms with Crippen molar-refractivity contribution in [1.82, 2.24) is 9.97 Å². The summed E-state index contributed by atoms with van der Waals surface area (Å²) in [6.45, 7) is 1.64. The van der Waals surface area contributed by atoms with E-state index in [1.807, 2.05) is 0 Å². The van der Waals surface area contributed by atoms with Crippen LogP contribution in [-0.4, -0.2) is 9.97 Å². The van der Waals surface area contributed by atoms with Gasteiger partial charge in [0.25, 0.3) is 0 Å². The van der Waals surface area contributed by atoms with Gasteiger partial charge in [0.2, 0.25) is 0 Å². The molecule has 0 bridgehead atoms. The summed E-state index contributed by atoms with van der Waals surface area (Å²) in [5.41, 5.74) is -0.968. The van der Waals surface area contributed by atoms with Gasteiger partial charge in [-0.3, -0.25) is 0 Å². The Labute approximate surface area is 126 Å². The molecule has 0 unspecified atom stereocenters. The van der Waals surface area contributed by atoms with Gasteiger partial charge in [-0.25, -0.2) is 9.97 Å². The van der Waals surface area contributed by atoms with Crippen molar-refractivity contribution in [3.8, 4) is 0 Å². The average molecular weight is 367 g/mol. The average Bonchev–Trinajstić information content (AvgIpc) is 2.28. The molecule has 0 aliphatic carbocycles. The summed E-state index contributed by atoms with van der Waals surface area (Å²) in [4.78, 5) is 8.01. The van der Waals surface area contributed by atoms with Crippen LogP contribution in [0.2, 0.25) is 5.02 Å². The summed E-state index contributed by atoms with van der Waals surface area (Å²) in [6.07, 6.45) is -4.51. The van der Waals surface area contributed by atoms with E-state index in [0.29, 0.717) is 10.4 Å². The second-order valence-electron chi connectivity index (χ2n) is 3.94. The monoisotopic (exact) mass is 365 g/mol. The third kappa shape index (κ3) is 3.61. The molecule has 2 aromatic rings. The summed E-state index contributed by atoms with van der Waals surface area (Å²) >= 11 is 8.78. The Balaban J connectivity index is 2.43. The summed E-state index contributed by atoms with van der Waals surface area (Å²) < 4.78 is 39.3. The molecule has 1 aromatic heterocycles. The first-order valence-electron chi connectivity index (χ1n) is 5.40. The van der Waals surface area contributed by atoms with E-state index in [9.17, 15) is 13.2 Å². The largest absolute Gasteiger partial charge is 0.418 e. The molecule has 20 heavy (non-hydrogen) atoms. The Morgan fingerprint density at radius 2 is 1.90 bits per heavy atom. The minimum absolute atomic E-state index is 0.0166. The van der Waals surface area contributed by atoms with Gasteiger partial charge >= 0.3 is 6.18 Å². The second-order valence-corrected chi connectivity index (χ2v) is 5.18. The predicted molar refractivity (Wildman–Crippen MR) is 74.2 cm³/mol. The number of rotatable bonds is 2. The lowest BCUT2D eigenvalue weighted by molar-refractivity contribution is -0.136. The van der Waals surface area contributed by atoms with Crippen molar-refractivity contribution >= 4 is 39.0 Å². The Kier molecular flexibility index (Phi) is 4.19. The lowest BCUT2D eigenvalue weighted by atomic mass is 10.1. The van der Waals surface area contributed by atoms with E-state index in [2.05, 4.69) is 31.2 Å². The highest BCUT2D eigenvalue weighted by molar-refractivity contribution is 9.10. The van der Waals surface area contributed by atoms with Crippen molar-refractivity contribution in [2.75, 3.05) is 5.32 Å². The molecule has 0 atom stereocenters. The van der Waals surface area contributed by atoms with Gasteiger partial charge in [-0.05, 0) is 41.1 Å². The first kappa shape index (κ1) is 15.1. The minimum atomic E-state index is -4.51. The molecule has 1 heterocycles. The predicted octanol–water partition coefficient (Wildman–Crippen LogP) is 4.96. The van der Waals surface area contributed by atoms with Crippen molar-refractivity contribution in [3.05, 3.63) is 45.3 Å². The minimum Gasteiger partial charge on any atom is -0.340 e. The van der Waals surface area contributed by atoms with Gasteiger partial charge < -0.3 is 5.32 Å². The smallest absolute Gasteiger partial charge is 0.340 e. The van der Waals surface area contributed by atoms with Crippen LogP contribution in [0.25, 0.3) is 0 Å². The van der Waals surface area contributed by atoms with Gasteiger partial charge in [0.15, 0.2) is 0 Å². The summed E-state index contributed by atoms with van der Waals surface area (Å²) in [5.74, 6) is 0.696. The number of anilines is 2. The number of alkyl halides is 3. The standard InChI is InChI=1S/C12H8BrClF3N3/c1-6-18-10(13)5-11(19-6)20-9-3-2-7(14)4-8(9)12(15,16)17/h2-5H,1H3,(H,18,19,20). The molecule has 8 heteroatoms. The summed E-state index contributed by atoms with van der Waals surface area (Å²) in [5, 5.41) is 2.64. The molecule has 1 aromatic carbocycles. The number of hydrogen-bond acceptors (Lipinski definition) is 3. The van der Waals surface area contributed by atoms with Crippen molar-refractivity contribution < 1.29 is 13.2 Å². The molecule has 0 spiro atoms. The topological polar surface area (TPSA) is 37.8 Å². The van der Waals surface area contributed by atoms with Gasteiger partial charge in [-0.15, -0.1) is 0 Å². The van der Waals surface area contributed by atoms with Gasteiger partial charge in [-0.2, -0.15) is 13.2 Å². The van der Waals surface area contributed by atoms with E-state index in [1.165, 1.54) is 18.2 Å². The number of aromatic nitrogens is 2. The fourth-order valence-corrected chi connectivity index (χ4v) is 2.24. The van der Waals surface area contributed by atoms with Crippen LogP contribution in [0.4, 0.5) is 24.7 Å². The van der Waals surface area contributed by atoms with E-state index in [1.54, 1.807) is 6.92 Å². The highest BCUT2D eigenvalue weighted by atomic mass is 79.9. The van der Waals surface area contributed by atoms with Crippen LogP contribution in [0, 0.1) is 6.92 Å². The third-order valence-electron chi connectivity index (χ3n) is 2.36. The Morgan fingerprint density at radius 1 is 1.20 bits per heavy atom. The maximum Gasteiger partial charge on any atom is 0.418 e. The molecule has 0 aliphatic heterocycles. The molecule has 2 rings (SSSR count). The quantitative estimate of drug-likeness (QED) is 0.763. The van der Waals surface area contributed by atoms with Crippen LogP contribution < -0.4 is 5.32 Å². The van der Waals surface area contributed by atoms with Crippen LogP contribution in [0.5, 0.6) is 0 Å². The first-order chi connectivity index (χ1) is 9.25. The molecule has 106 valence electrons. The third-order valence-corrected chi connectivity index (χ3v) is 3.00. The number of hydrogen-bond donors (Lipinski definition) is 1. The Bertz CT molecular complexity index is 626. The zero-order chi connectivity index (χ0) is 14.9. The van der Waals surface area contributed by atoms with Gasteiger partial charge in [0.1, 0.15) is 16.2 Å². The SMILES string of the molecule is Cc1nc(Br)cc(Nc2ccc(Cl)cc2C(F)(F)F)n1. The van der Waals surface area contributed by atoms with Crippen molar-refractivity contribution in [2.24, 2.45) is 0 Å². The van der Waals surface area contributed by atoms with Gasteiger partial charge in [0.05, 0.1) is 11.3 Å². The number of nitrogens with one attached hydrogen (secondary N) is 1. The van der Waals surface area contributed by atoms with E-state index < -0.39 is 11.7 Å². The molecule has 0 aliphatic rings. The molecule has 0 fully saturated rings. The molecule has 0 saturated heterocycles. The summed E-state index contributed by atoms with van der Waals surface area (Å²) in [6, 6.07) is 4.99. The molecule has 3 nitrogen and oxygen atoms in total.